The third-order valence-corrected chi connectivity index (χ3v) is 3.22. The summed E-state index contributed by atoms with van der Waals surface area (Å²) in [5.41, 5.74) is 0. The van der Waals surface area contributed by atoms with E-state index in [9.17, 15) is 5.11 Å². The van der Waals surface area contributed by atoms with E-state index in [-0.39, 0.29) is 6.10 Å². The Kier molecular flexibility index (Phi) is 3.21. The van der Waals surface area contributed by atoms with Crippen molar-refractivity contribution in [2.75, 3.05) is 11.9 Å². The fourth-order valence-electron chi connectivity index (χ4n) is 2.19. The molecule has 0 atom stereocenters. The van der Waals surface area contributed by atoms with Crippen molar-refractivity contribution in [1.29, 1.82) is 0 Å². The zero-order valence-electron chi connectivity index (χ0n) is 9.13. The molecule has 15 heavy (non-hydrogen) atoms. The second-order valence-electron chi connectivity index (χ2n) is 4.26. The molecule has 1 heterocycles. The van der Waals surface area contributed by atoms with E-state index in [2.05, 4.69) is 16.9 Å². The first-order valence-corrected chi connectivity index (χ1v) is 5.59. The van der Waals surface area contributed by atoms with Gasteiger partial charge in [0.05, 0.1) is 6.10 Å². The molecule has 0 aliphatic heterocycles. The van der Waals surface area contributed by atoms with E-state index in [1.54, 1.807) is 0 Å². The quantitative estimate of drug-likeness (QED) is 0.802. The smallest absolute Gasteiger partial charge is 0.128 e. The average Bonchev–Trinajstić information content (AvgIpc) is 2.30. The van der Waals surface area contributed by atoms with Crippen molar-refractivity contribution >= 4 is 5.82 Å². The zero-order chi connectivity index (χ0) is 10.7. The maximum absolute atomic E-state index is 9.45. The fraction of sp³-hybridized carbons (Fsp3) is 0.583. The van der Waals surface area contributed by atoms with E-state index in [0.29, 0.717) is 6.04 Å². The molecule has 0 unspecified atom stereocenters. The third kappa shape index (κ3) is 2.48. The lowest BCUT2D eigenvalue weighted by molar-refractivity contribution is 0.122. The van der Waals surface area contributed by atoms with Crippen LogP contribution in [-0.2, 0) is 0 Å². The van der Waals surface area contributed by atoms with Crippen LogP contribution in [0.4, 0.5) is 5.82 Å². The summed E-state index contributed by atoms with van der Waals surface area (Å²) in [5, 5.41) is 9.45. The number of hydrogen-bond donors (Lipinski definition) is 1. The predicted molar refractivity (Wildman–Crippen MR) is 60.9 cm³/mol. The lowest BCUT2D eigenvalue weighted by atomic mass is 9.92. The molecule has 3 nitrogen and oxygen atoms in total. The molecule has 82 valence electrons. The second-order valence-corrected chi connectivity index (χ2v) is 4.26. The van der Waals surface area contributed by atoms with Crippen molar-refractivity contribution < 1.29 is 5.11 Å². The van der Waals surface area contributed by atoms with Crippen molar-refractivity contribution in [1.82, 2.24) is 4.98 Å². The van der Waals surface area contributed by atoms with Crippen LogP contribution in [0.25, 0.3) is 0 Å². The lowest BCUT2D eigenvalue weighted by Gasteiger charge is -2.33. The molecule has 1 aromatic rings. The number of rotatable bonds is 2. The largest absolute Gasteiger partial charge is 0.393 e. The van der Waals surface area contributed by atoms with Gasteiger partial charge < -0.3 is 10.0 Å². The van der Waals surface area contributed by atoms with Crippen LogP contribution >= 0.6 is 0 Å². The van der Waals surface area contributed by atoms with Crippen LogP contribution in [0.15, 0.2) is 24.4 Å². The number of nitrogens with zero attached hydrogens (tertiary/aromatic N) is 2. The van der Waals surface area contributed by atoms with Crippen molar-refractivity contribution in [3.8, 4) is 0 Å². The van der Waals surface area contributed by atoms with E-state index in [1.165, 1.54) is 0 Å². The first-order valence-electron chi connectivity index (χ1n) is 5.59. The number of anilines is 1. The molecule has 0 amide bonds. The van der Waals surface area contributed by atoms with E-state index in [0.717, 1.165) is 31.5 Å². The van der Waals surface area contributed by atoms with Crippen molar-refractivity contribution in [2.24, 2.45) is 0 Å². The van der Waals surface area contributed by atoms with Crippen LogP contribution in [0.2, 0.25) is 0 Å². The van der Waals surface area contributed by atoms with E-state index < -0.39 is 0 Å². The first kappa shape index (κ1) is 10.4. The molecule has 1 aliphatic carbocycles. The topological polar surface area (TPSA) is 36.4 Å². The summed E-state index contributed by atoms with van der Waals surface area (Å²) in [6, 6.07) is 6.51. The van der Waals surface area contributed by atoms with Gasteiger partial charge in [-0.15, -0.1) is 0 Å². The van der Waals surface area contributed by atoms with Gasteiger partial charge in [-0.25, -0.2) is 4.98 Å². The fourth-order valence-corrected chi connectivity index (χ4v) is 2.19. The predicted octanol–water partition coefficient (Wildman–Crippen LogP) is 1.82. The average molecular weight is 206 g/mol. The molecule has 1 aromatic heterocycles. The van der Waals surface area contributed by atoms with Crippen molar-refractivity contribution in [3.63, 3.8) is 0 Å². The van der Waals surface area contributed by atoms with Gasteiger partial charge in [-0.05, 0) is 37.8 Å². The number of pyridine rings is 1. The van der Waals surface area contributed by atoms with Crippen molar-refractivity contribution in [2.45, 2.75) is 37.8 Å². The Labute approximate surface area is 90.8 Å². The summed E-state index contributed by atoms with van der Waals surface area (Å²) in [7, 11) is 2.09. The maximum Gasteiger partial charge on any atom is 0.128 e. The molecule has 0 radical (unpaired) electrons. The van der Waals surface area contributed by atoms with E-state index >= 15 is 0 Å². The highest BCUT2D eigenvalue weighted by atomic mass is 16.3. The Balaban J connectivity index is 1.99. The summed E-state index contributed by atoms with van der Waals surface area (Å²) in [6.07, 6.45) is 5.70. The third-order valence-electron chi connectivity index (χ3n) is 3.22. The van der Waals surface area contributed by atoms with Gasteiger partial charge in [0.25, 0.3) is 0 Å². The van der Waals surface area contributed by atoms with Crippen LogP contribution in [0.1, 0.15) is 25.7 Å². The van der Waals surface area contributed by atoms with Crippen LogP contribution in [0, 0.1) is 0 Å². The van der Waals surface area contributed by atoms with Gasteiger partial charge in [-0.2, -0.15) is 0 Å². The number of aromatic nitrogens is 1. The van der Waals surface area contributed by atoms with Crippen LogP contribution < -0.4 is 4.90 Å². The normalized spacial score (nSPS) is 26.3. The maximum atomic E-state index is 9.45. The minimum absolute atomic E-state index is 0.0848. The zero-order valence-corrected chi connectivity index (χ0v) is 9.13. The Morgan fingerprint density at radius 2 is 2.00 bits per heavy atom. The molecule has 0 spiro atoms. The number of aliphatic hydroxyl groups is 1. The summed E-state index contributed by atoms with van der Waals surface area (Å²) in [6.45, 7) is 0. The molecule has 1 aliphatic rings. The van der Waals surface area contributed by atoms with Crippen LogP contribution in [-0.4, -0.2) is 29.3 Å². The van der Waals surface area contributed by atoms with Gasteiger partial charge in [0.15, 0.2) is 0 Å². The monoisotopic (exact) mass is 206 g/mol. The SMILES string of the molecule is CN(c1ccccn1)C1CCC(O)CC1. The molecule has 1 N–H and O–H groups in total. The highest BCUT2D eigenvalue weighted by Gasteiger charge is 2.23. The van der Waals surface area contributed by atoms with Gasteiger partial charge in [0.1, 0.15) is 5.82 Å². The minimum Gasteiger partial charge on any atom is -0.393 e. The van der Waals surface area contributed by atoms with Gasteiger partial charge in [0, 0.05) is 19.3 Å². The van der Waals surface area contributed by atoms with Crippen molar-refractivity contribution in [3.05, 3.63) is 24.4 Å². The summed E-state index contributed by atoms with van der Waals surface area (Å²) in [4.78, 5) is 6.56. The number of aliphatic hydroxyl groups excluding tert-OH is 1. The summed E-state index contributed by atoms with van der Waals surface area (Å²) in [5.74, 6) is 1.03. The first-order chi connectivity index (χ1) is 7.27. The minimum atomic E-state index is -0.0848. The standard InChI is InChI=1S/C12H18N2O/c1-14(12-4-2-3-9-13-12)10-5-7-11(15)8-6-10/h2-4,9-11,15H,5-8H2,1H3. The Morgan fingerprint density at radius 3 is 2.60 bits per heavy atom. The van der Waals surface area contributed by atoms with Gasteiger partial charge >= 0.3 is 0 Å². The Morgan fingerprint density at radius 1 is 1.27 bits per heavy atom. The number of hydrogen-bond acceptors (Lipinski definition) is 3. The molecule has 0 saturated heterocycles. The molecule has 3 heteroatoms. The lowest BCUT2D eigenvalue weighted by Crippen LogP contribution is -2.36. The highest BCUT2D eigenvalue weighted by Crippen LogP contribution is 2.24. The molecule has 1 fully saturated rings. The van der Waals surface area contributed by atoms with Gasteiger partial charge in [0.2, 0.25) is 0 Å². The van der Waals surface area contributed by atoms with Gasteiger partial charge in [-0.1, -0.05) is 6.07 Å². The Bertz CT molecular complexity index is 294. The highest BCUT2D eigenvalue weighted by molar-refractivity contribution is 5.37. The van der Waals surface area contributed by atoms with E-state index in [1.807, 2.05) is 24.4 Å². The molecular formula is C12H18N2O. The van der Waals surface area contributed by atoms with Crippen LogP contribution in [0.3, 0.4) is 0 Å². The van der Waals surface area contributed by atoms with Gasteiger partial charge in [-0.3, -0.25) is 0 Å². The van der Waals surface area contributed by atoms with Crippen LogP contribution in [0.5, 0.6) is 0 Å². The van der Waals surface area contributed by atoms with E-state index in [4.69, 9.17) is 0 Å². The molecule has 2 rings (SSSR count). The summed E-state index contributed by atoms with van der Waals surface area (Å²) >= 11 is 0. The molecule has 0 aromatic carbocycles. The molecule has 1 saturated carbocycles. The Hall–Kier alpha value is -1.09. The summed E-state index contributed by atoms with van der Waals surface area (Å²) < 4.78 is 0. The molecule has 0 bridgehead atoms. The molecular weight excluding hydrogens is 188 g/mol. The second kappa shape index (κ2) is 4.62.